The fraction of sp³-hybridized carbons (Fsp3) is 0.273. The van der Waals surface area contributed by atoms with Crippen LogP contribution in [0, 0.1) is 0 Å². The van der Waals surface area contributed by atoms with Crippen LogP contribution in [0.4, 0.5) is 0 Å². The summed E-state index contributed by atoms with van der Waals surface area (Å²) in [5, 5.41) is 14.4. The topological polar surface area (TPSA) is 93.8 Å². The molecule has 0 aliphatic heterocycles. The number of aliphatic carboxylic acids is 1. The SMILES string of the molecule is CCCCc1nc2ccc(Br)cc2c(=O)n1N=Cc1cc(Cl)cc(Br)c1O[C@H](C)C(=O)O. The van der Waals surface area contributed by atoms with Crippen molar-refractivity contribution in [1.82, 2.24) is 9.66 Å². The normalized spacial score (nSPS) is 12.4. The van der Waals surface area contributed by atoms with E-state index in [1.54, 1.807) is 24.3 Å². The Bertz CT molecular complexity index is 1260. The highest BCUT2D eigenvalue weighted by Gasteiger charge is 2.18. The zero-order valence-electron chi connectivity index (χ0n) is 17.3. The standard InChI is InChI=1S/C22H20Br2ClN3O4/c1-3-4-5-19-27-18-7-6-14(23)9-16(18)21(29)28(19)26-11-13-8-15(25)10-17(24)20(13)32-12(2)22(30)31/h6-12H,3-5H2,1-2H3,(H,30,31)/t12-/m1/s1. The quantitative estimate of drug-likeness (QED) is 0.345. The second-order valence-electron chi connectivity index (χ2n) is 7.06. The van der Waals surface area contributed by atoms with E-state index in [4.69, 9.17) is 16.3 Å². The van der Waals surface area contributed by atoms with Gasteiger partial charge < -0.3 is 9.84 Å². The number of benzene rings is 2. The van der Waals surface area contributed by atoms with Gasteiger partial charge in [0.15, 0.2) is 6.10 Å². The lowest BCUT2D eigenvalue weighted by atomic mass is 10.2. The third-order valence-electron chi connectivity index (χ3n) is 4.62. The lowest BCUT2D eigenvalue weighted by Gasteiger charge is -2.15. The zero-order chi connectivity index (χ0) is 23.4. The molecule has 0 saturated carbocycles. The van der Waals surface area contributed by atoms with Crippen LogP contribution in [-0.2, 0) is 11.2 Å². The summed E-state index contributed by atoms with van der Waals surface area (Å²) >= 11 is 12.9. The fourth-order valence-electron chi connectivity index (χ4n) is 2.96. The van der Waals surface area contributed by atoms with Crippen molar-refractivity contribution in [3.63, 3.8) is 0 Å². The van der Waals surface area contributed by atoms with E-state index >= 15 is 0 Å². The molecule has 0 unspecified atom stereocenters. The second kappa shape index (κ2) is 10.6. The molecule has 1 aromatic heterocycles. The Kier molecular flexibility index (Phi) is 8.08. The summed E-state index contributed by atoms with van der Waals surface area (Å²) in [5.74, 6) is -0.324. The summed E-state index contributed by atoms with van der Waals surface area (Å²) in [4.78, 5) is 29.1. The van der Waals surface area contributed by atoms with Crippen molar-refractivity contribution in [3.05, 3.63) is 66.0 Å². The van der Waals surface area contributed by atoms with Gasteiger partial charge in [-0.15, -0.1) is 0 Å². The highest BCUT2D eigenvalue weighted by molar-refractivity contribution is 9.10. The Morgan fingerprint density at radius 2 is 2.09 bits per heavy atom. The molecule has 0 saturated heterocycles. The molecule has 7 nitrogen and oxygen atoms in total. The van der Waals surface area contributed by atoms with E-state index in [2.05, 4.69) is 48.9 Å². The van der Waals surface area contributed by atoms with Gasteiger partial charge in [0, 0.05) is 21.5 Å². The van der Waals surface area contributed by atoms with E-state index in [9.17, 15) is 14.7 Å². The Morgan fingerprint density at radius 3 is 2.78 bits per heavy atom. The number of carboxylic acid groups (broad SMARTS) is 1. The van der Waals surface area contributed by atoms with Crippen molar-refractivity contribution < 1.29 is 14.6 Å². The Morgan fingerprint density at radius 1 is 1.34 bits per heavy atom. The molecular formula is C22H20Br2ClN3O4. The van der Waals surface area contributed by atoms with E-state index in [1.165, 1.54) is 17.8 Å². The molecular weight excluding hydrogens is 566 g/mol. The zero-order valence-corrected chi connectivity index (χ0v) is 21.2. The van der Waals surface area contributed by atoms with E-state index in [0.717, 1.165) is 17.3 Å². The van der Waals surface area contributed by atoms with Crippen LogP contribution in [0.15, 0.2) is 49.2 Å². The van der Waals surface area contributed by atoms with Gasteiger partial charge in [-0.05, 0) is 59.6 Å². The van der Waals surface area contributed by atoms with Crippen LogP contribution in [0.25, 0.3) is 10.9 Å². The number of halogens is 3. The number of aromatic nitrogens is 2. The first-order valence-electron chi connectivity index (χ1n) is 9.85. The summed E-state index contributed by atoms with van der Waals surface area (Å²) in [6.45, 7) is 3.48. The van der Waals surface area contributed by atoms with Crippen molar-refractivity contribution in [2.45, 2.75) is 39.2 Å². The van der Waals surface area contributed by atoms with Crippen molar-refractivity contribution in [3.8, 4) is 5.75 Å². The number of unbranched alkanes of at least 4 members (excludes halogenated alkanes) is 1. The van der Waals surface area contributed by atoms with Crippen LogP contribution in [0.2, 0.25) is 5.02 Å². The molecule has 0 radical (unpaired) electrons. The Labute approximate surface area is 206 Å². The summed E-state index contributed by atoms with van der Waals surface area (Å²) in [6, 6.07) is 8.51. The molecule has 1 atom stereocenters. The number of rotatable bonds is 8. The molecule has 3 rings (SSSR count). The minimum atomic E-state index is -1.11. The number of fused-ring (bicyclic) bond motifs is 1. The minimum absolute atomic E-state index is 0.257. The van der Waals surface area contributed by atoms with Crippen molar-refractivity contribution >= 4 is 66.5 Å². The van der Waals surface area contributed by atoms with Gasteiger partial charge >= 0.3 is 5.97 Å². The number of hydrogen-bond acceptors (Lipinski definition) is 5. The van der Waals surface area contributed by atoms with E-state index in [-0.39, 0.29) is 11.3 Å². The average molecular weight is 586 g/mol. The van der Waals surface area contributed by atoms with Gasteiger partial charge in [0.25, 0.3) is 5.56 Å². The van der Waals surface area contributed by atoms with E-state index in [1.807, 2.05) is 6.07 Å². The van der Waals surface area contributed by atoms with Gasteiger partial charge in [-0.3, -0.25) is 4.79 Å². The average Bonchev–Trinajstić information content (AvgIpc) is 2.74. The van der Waals surface area contributed by atoms with E-state index < -0.39 is 12.1 Å². The van der Waals surface area contributed by atoms with Crippen LogP contribution in [0.5, 0.6) is 5.75 Å². The van der Waals surface area contributed by atoms with Gasteiger partial charge in [-0.2, -0.15) is 9.78 Å². The van der Waals surface area contributed by atoms with Gasteiger partial charge in [0.1, 0.15) is 11.6 Å². The lowest BCUT2D eigenvalue weighted by Crippen LogP contribution is -2.24. The molecule has 0 spiro atoms. The van der Waals surface area contributed by atoms with Crippen LogP contribution >= 0.6 is 43.5 Å². The van der Waals surface area contributed by atoms with E-state index in [0.29, 0.717) is 38.2 Å². The summed E-state index contributed by atoms with van der Waals surface area (Å²) in [5.41, 5.74) is 0.710. The monoisotopic (exact) mass is 583 g/mol. The molecule has 0 aliphatic carbocycles. The third kappa shape index (κ3) is 5.57. The van der Waals surface area contributed by atoms with Crippen molar-refractivity contribution in [2.24, 2.45) is 5.10 Å². The smallest absolute Gasteiger partial charge is 0.344 e. The third-order valence-corrected chi connectivity index (χ3v) is 5.92. The molecule has 1 heterocycles. The van der Waals surface area contributed by atoms with Gasteiger partial charge in [-0.1, -0.05) is 40.9 Å². The van der Waals surface area contributed by atoms with Gasteiger partial charge in [-0.25, -0.2) is 9.78 Å². The molecule has 10 heteroatoms. The maximum atomic E-state index is 13.2. The molecule has 168 valence electrons. The van der Waals surface area contributed by atoms with Gasteiger partial charge in [0.2, 0.25) is 0 Å². The first-order valence-corrected chi connectivity index (χ1v) is 11.8. The summed E-state index contributed by atoms with van der Waals surface area (Å²) < 4.78 is 8.09. The largest absolute Gasteiger partial charge is 0.479 e. The molecule has 1 N–H and O–H groups in total. The van der Waals surface area contributed by atoms with Crippen LogP contribution in [0.1, 0.15) is 38.1 Å². The number of hydrogen-bond donors (Lipinski definition) is 1. The molecule has 0 bridgehead atoms. The number of carboxylic acids is 1. The number of ether oxygens (including phenoxy) is 1. The second-order valence-corrected chi connectivity index (χ2v) is 9.27. The number of nitrogens with zero attached hydrogens (tertiary/aromatic N) is 3. The molecule has 32 heavy (non-hydrogen) atoms. The molecule has 2 aromatic carbocycles. The molecule has 0 fully saturated rings. The summed E-state index contributed by atoms with van der Waals surface area (Å²) in [7, 11) is 0. The highest BCUT2D eigenvalue weighted by Crippen LogP contribution is 2.32. The number of aryl methyl sites for hydroxylation is 1. The Balaban J connectivity index is 2.14. The summed E-state index contributed by atoms with van der Waals surface area (Å²) in [6.07, 6.45) is 2.68. The lowest BCUT2D eigenvalue weighted by molar-refractivity contribution is -0.144. The van der Waals surface area contributed by atoms with Crippen LogP contribution in [0.3, 0.4) is 0 Å². The number of carbonyl (C=O) groups is 1. The Hall–Kier alpha value is -2.23. The maximum Gasteiger partial charge on any atom is 0.344 e. The van der Waals surface area contributed by atoms with Crippen LogP contribution in [-0.4, -0.2) is 33.1 Å². The molecule has 3 aromatic rings. The fourth-order valence-corrected chi connectivity index (χ4v) is 4.25. The van der Waals surface area contributed by atoms with Gasteiger partial charge in [0.05, 0.1) is 21.6 Å². The highest BCUT2D eigenvalue weighted by atomic mass is 79.9. The van der Waals surface area contributed by atoms with Crippen molar-refractivity contribution in [1.29, 1.82) is 0 Å². The first kappa shape index (κ1) is 24.4. The predicted molar refractivity (Wildman–Crippen MR) is 132 cm³/mol. The minimum Gasteiger partial charge on any atom is -0.479 e. The molecule has 0 aliphatic rings. The maximum absolute atomic E-state index is 13.2. The first-order chi connectivity index (χ1) is 15.2. The van der Waals surface area contributed by atoms with Crippen LogP contribution < -0.4 is 10.3 Å². The molecule has 0 amide bonds. The predicted octanol–water partition coefficient (Wildman–Crippen LogP) is 5.65. The van der Waals surface area contributed by atoms with Crippen molar-refractivity contribution in [2.75, 3.05) is 0 Å².